The van der Waals surface area contributed by atoms with Crippen LogP contribution in [0.3, 0.4) is 0 Å². The maximum atomic E-state index is 12.3. The number of rotatable bonds is 33. The third-order valence-corrected chi connectivity index (χ3v) is 9.39. The molecule has 3 aromatic carbocycles. The van der Waals surface area contributed by atoms with Crippen molar-refractivity contribution in [3.05, 3.63) is 95.1 Å². The summed E-state index contributed by atoms with van der Waals surface area (Å²) in [4.78, 5) is 38.2. The van der Waals surface area contributed by atoms with Crippen LogP contribution in [0.1, 0.15) is 44.2 Å². The van der Waals surface area contributed by atoms with Gasteiger partial charge in [0, 0.05) is 19.1 Å². The lowest BCUT2D eigenvalue weighted by atomic mass is 9.98. The number of fused-ring (bicyclic) bond motifs is 4. The molecule has 15 heteroatoms. The number of ether oxygens (including phenoxy) is 10. The second kappa shape index (κ2) is 27.5. The van der Waals surface area contributed by atoms with Gasteiger partial charge in [0.1, 0.15) is 6.61 Å². The van der Waals surface area contributed by atoms with E-state index >= 15 is 0 Å². The molecule has 0 atom stereocenters. The van der Waals surface area contributed by atoms with Crippen molar-refractivity contribution in [1.82, 2.24) is 10.2 Å². The molecular formula is C44H58N2O13. The summed E-state index contributed by atoms with van der Waals surface area (Å²) in [6, 6.07) is 23.4. The standard InChI is InChI=1S/C44H58N2O13/c47-42-39-12-5-6-13-40(39)43(48)46(42)15-17-51-19-21-53-23-25-55-27-29-57-31-33-58-32-30-56-28-26-54-24-22-52-20-18-50-16-7-14-45-44(49)59-34-41-37-10-3-1-8-35(37)36-9-2-4-11-38(36)41/h1-6,8-13,41H,7,14-34H2,(H,45,49). The molecule has 0 unspecified atom stereocenters. The number of amides is 3. The molecule has 2 aliphatic rings. The lowest BCUT2D eigenvalue weighted by molar-refractivity contribution is -0.0251. The van der Waals surface area contributed by atoms with Crippen molar-refractivity contribution in [3.8, 4) is 11.1 Å². The van der Waals surface area contributed by atoms with Gasteiger partial charge in [-0.1, -0.05) is 60.7 Å². The van der Waals surface area contributed by atoms with Gasteiger partial charge in [-0.15, -0.1) is 0 Å². The molecule has 5 rings (SSSR count). The number of nitrogens with one attached hydrogen (secondary N) is 1. The van der Waals surface area contributed by atoms with E-state index in [1.807, 2.05) is 24.3 Å². The average molecular weight is 823 g/mol. The second-order valence-electron chi connectivity index (χ2n) is 13.4. The molecule has 0 saturated carbocycles. The SMILES string of the molecule is O=C(NCCCOCCOCCOCCOCCOCCOCCOCCOCCOCCN1C(=O)c2ccccc2C1=O)OCC1c2ccccc2-c2ccccc21. The van der Waals surface area contributed by atoms with Gasteiger partial charge in [0.25, 0.3) is 11.8 Å². The molecule has 15 nitrogen and oxygen atoms in total. The van der Waals surface area contributed by atoms with Gasteiger partial charge in [-0.2, -0.15) is 0 Å². The molecule has 1 N–H and O–H groups in total. The molecule has 322 valence electrons. The minimum atomic E-state index is -0.422. The summed E-state index contributed by atoms with van der Waals surface area (Å²) in [5.74, 6) is -0.520. The highest BCUT2D eigenvalue weighted by molar-refractivity contribution is 6.21. The summed E-state index contributed by atoms with van der Waals surface area (Å²) in [6.45, 7) is 8.96. The first kappa shape index (κ1) is 45.8. The van der Waals surface area contributed by atoms with Crippen molar-refractivity contribution < 1.29 is 61.8 Å². The van der Waals surface area contributed by atoms with Gasteiger partial charge in [0.05, 0.1) is 130 Å². The van der Waals surface area contributed by atoms with Crippen molar-refractivity contribution in [1.29, 1.82) is 0 Å². The van der Waals surface area contributed by atoms with Gasteiger partial charge in [-0.25, -0.2) is 4.79 Å². The van der Waals surface area contributed by atoms with E-state index in [2.05, 4.69) is 29.6 Å². The Hall–Kier alpha value is -4.29. The molecule has 1 aliphatic heterocycles. The fourth-order valence-electron chi connectivity index (χ4n) is 6.47. The quantitative estimate of drug-likeness (QED) is 0.0683. The van der Waals surface area contributed by atoms with Gasteiger partial charge in [-0.05, 0) is 40.8 Å². The van der Waals surface area contributed by atoms with E-state index in [1.54, 1.807) is 24.3 Å². The molecule has 0 spiro atoms. The van der Waals surface area contributed by atoms with Crippen LogP contribution in [0.2, 0.25) is 0 Å². The molecule has 3 aromatic rings. The Morgan fingerprint density at radius 2 is 0.797 bits per heavy atom. The highest BCUT2D eigenvalue weighted by Gasteiger charge is 2.34. The van der Waals surface area contributed by atoms with Crippen LogP contribution in [0.15, 0.2) is 72.8 Å². The second-order valence-corrected chi connectivity index (χ2v) is 13.4. The third kappa shape index (κ3) is 15.7. The monoisotopic (exact) mass is 822 g/mol. The number of carbonyl (C=O) groups excluding carboxylic acids is 3. The number of benzene rings is 3. The number of imide groups is 1. The highest BCUT2D eigenvalue weighted by atomic mass is 16.6. The van der Waals surface area contributed by atoms with Crippen LogP contribution in [-0.2, 0) is 47.4 Å². The van der Waals surface area contributed by atoms with Gasteiger partial charge in [0.15, 0.2) is 0 Å². The topological polar surface area (TPSA) is 159 Å². The van der Waals surface area contributed by atoms with Crippen LogP contribution >= 0.6 is 0 Å². The first-order valence-corrected chi connectivity index (χ1v) is 20.4. The summed E-state index contributed by atoms with van der Waals surface area (Å²) in [5, 5.41) is 2.80. The number of alkyl carbamates (subject to hydrolysis) is 1. The van der Waals surface area contributed by atoms with Crippen LogP contribution in [0.25, 0.3) is 11.1 Å². The lowest BCUT2D eigenvalue weighted by Gasteiger charge is -2.14. The predicted molar refractivity (Wildman–Crippen MR) is 217 cm³/mol. The number of hydrogen-bond donors (Lipinski definition) is 1. The maximum absolute atomic E-state index is 12.3. The van der Waals surface area contributed by atoms with Crippen LogP contribution in [-0.4, -0.2) is 161 Å². The molecular weight excluding hydrogens is 764 g/mol. The van der Waals surface area contributed by atoms with Crippen LogP contribution < -0.4 is 5.32 Å². The van der Waals surface area contributed by atoms with Gasteiger partial charge in [-0.3, -0.25) is 14.5 Å². The number of carbonyl (C=O) groups is 3. The molecule has 0 fully saturated rings. The zero-order valence-corrected chi connectivity index (χ0v) is 33.8. The smallest absolute Gasteiger partial charge is 0.407 e. The Bertz CT molecular complexity index is 1610. The van der Waals surface area contributed by atoms with Crippen molar-refractivity contribution >= 4 is 17.9 Å². The first-order valence-electron chi connectivity index (χ1n) is 20.4. The summed E-state index contributed by atoms with van der Waals surface area (Å²) in [6.07, 6.45) is 0.254. The molecule has 1 aliphatic carbocycles. The Balaban J connectivity index is 0.684. The van der Waals surface area contributed by atoms with Crippen molar-refractivity contribution in [2.24, 2.45) is 0 Å². The number of nitrogens with zero attached hydrogens (tertiary/aromatic N) is 1. The Kier molecular flexibility index (Phi) is 21.3. The third-order valence-electron chi connectivity index (χ3n) is 9.39. The molecule has 0 radical (unpaired) electrons. The minimum absolute atomic E-state index is 0.0429. The van der Waals surface area contributed by atoms with E-state index in [9.17, 15) is 14.4 Å². The van der Waals surface area contributed by atoms with Crippen LogP contribution in [0, 0.1) is 0 Å². The molecule has 1 heterocycles. The predicted octanol–water partition coefficient (Wildman–Crippen LogP) is 4.36. The van der Waals surface area contributed by atoms with Gasteiger partial charge < -0.3 is 52.7 Å². The van der Waals surface area contributed by atoms with Crippen LogP contribution in [0.5, 0.6) is 0 Å². The minimum Gasteiger partial charge on any atom is -0.449 e. The first-order chi connectivity index (χ1) is 29.1. The van der Waals surface area contributed by atoms with E-state index in [4.69, 9.17) is 47.4 Å². The van der Waals surface area contributed by atoms with Gasteiger partial charge in [0.2, 0.25) is 0 Å². The summed E-state index contributed by atoms with van der Waals surface area (Å²) < 4.78 is 55.2. The molecule has 59 heavy (non-hydrogen) atoms. The fraction of sp³-hybridized carbons (Fsp3) is 0.523. The van der Waals surface area contributed by atoms with E-state index in [-0.39, 0.29) is 30.9 Å². The average Bonchev–Trinajstić information content (AvgIpc) is 3.71. The molecule has 0 aromatic heterocycles. The molecule has 0 saturated heterocycles. The van der Waals surface area contributed by atoms with Crippen LogP contribution in [0.4, 0.5) is 4.79 Å². The van der Waals surface area contributed by atoms with Gasteiger partial charge >= 0.3 is 6.09 Å². The lowest BCUT2D eigenvalue weighted by Crippen LogP contribution is -2.33. The van der Waals surface area contributed by atoms with Crippen molar-refractivity contribution in [2.75, 3.05) is 139 Å². The summed E-state index contributed by atoms with van der Waals surface area (Å²) in [7, 11) is 0. The molecule has 3 amide bonds. The largest absolute Gasteiger partial charge is 0.449 e. The zero-order valence-electron chi connectivity index (χ0n) is 33.8. The Morgan fingerprint density at radius 3 is 1.20 bits per heavy atom. The van der Waals surface area contributed by atoms with Crippen molar-refractivity contribution in [2.45, 2.75) is 12.3 Å². The van der Waals surface area contributed by atoms with Crippen molar-refractivity contribution in [3.63, 3.8) is 0 Å². The number of hydrogen-bond acceptors (Lipinski definition) is 13. The Morgan fingerprint density at radius 1 is 0.458 bits per heavy atom. The van der Waals surface area contributed by atoms with E-state index < -0.39 is 6.09 Å². The summed E-state index contributed by atoms with van der Waals surface area (Å²) >= 11 is 0. The molecule has 0 bridgehead atoms. The summed E-state index contributed by atoms with van der Waals surface area (Å²) in [5.41, 5.74) is 5.66. The Labute approximate surface area is 346 Å². The normalized spacial score (nSPS) is 13.2. The van der Waals surface area contributed by atoms with E-state index in [0.717, 1.165) is 0 Å². The fourth-order valence-corrected chi connectivity index (χ4v) is 6.47. The zero-order chi connectivity index (χ0) is 41.2. The van der Waals surface area contributed by atoms with E-state index in [0.29, 0.717) is 143 Å². The van der Waals surface area contributed by atoms with E-state index in [1.165, 1.54) is 27.2 Å². The highest BCUT2D eigenvalue weighted by Crippen LogP contribution is 2.44. The maximum Gasteiger partial charge on any atom is 0.407 e.